The Balaban J connectivity index is 0.00000338. The van der Waals surface area contributed by atoms with Crippen molar-refractivity contribution in [1.82, 2.24) is 10.6 Å². The number of ether oxygens (including phenoxy) is 2. The van der Waals surface area contributed by atoms with Gasteiger partial charge in [0.1, 0.15) is 9.84 Å². The smallest absolute Gasteiger partial charge is 0.191 e. The fraction of sp³-hybridized carbons (Fsp3) is 0.941. The molecule has 0 aromatic carbocycles. The molecule has 1 spiro atoms. The van der Waals surface area contributed by atoms with Crippen LogP contribution >= 0.6 is 24.0 Å². The topological polar surface area (TPSA) is 89.0 Å². The fourth-order valence-electron chi connectivity index (χ4n) is 4.00. The van der Waals surface area contributed by atoms with Crippen molar-refractivity contribution in [2.24, 2.45) is 10.4 Å². The highest BCUT2D eigenvalue weighted by atomic mass is 127. The zero-order valence-electron chi connectivity index (χ0n) is 16.1. The van der Waals surface area contributed by atoms with Crippen LogP contribution in [0.5, 0.6) is 0 Å². The average molecular weight is 503 g/mol. The predicted molar refractivity (Wildman–Crippen MR) is 115 cm³/mol. The van der Waals surface area contributed by atoms with Crippen LogP contribution in [0, 0.1) is 5.41 Å². The van der Waals surface area contributed by atoms with Gasteiger partial charge < -0.3 is 20.1 Å². The van der Waals surface area contributed by atoms with E-state index in [0.29, 0.717) is 25.3 Å². The van der Waals surface area contributed by atoms with E-state index in [2.05, 4.69) is 22.5 Å². The number of hydrogen-bond donors (Lipinski definition) is 2. The van der Waals surface area contributed by atoms with E-state index in [1.54, 1.807) is 7.05 Å². The molecule has 2 fully saturated rings. The van der Waals surface area contributed by atoms with E-state index in [9.17, 15) is 8.42 Å². The van der Waals surface area contributed by atoms with Gasteiger partial charge in [0.2, 0.25) is 0 Å². The van der Waals surface area contributed by atoms with E-state index >= 15 is 0 Å². The predicted octanol–water partition coefficient (Wildman–Crippen LogP) is 1.57. The number of aliphatic imine (C=N–C) groups is 1. The van der Waals surface area contributed by atoms with Crippen LogP contribution in [0.1, 0.15) is 39.0 Å². The summed E-state index contributed by atoms with van der Waals surface area (Å²) in [5.74, 6) is 0.835. The lowest BCUT2D eigenvalue weighted by molar-refractivity contribution is -0.125. The molecule has 2 saturated carbocycles. The molecule has 2 aliphatic carbocycles. The third kappa shape index (κ3) is 6.49. The Kier molecular flexibility index (Phi) is 10.1. The summed E-state index contributed by atoms with van der Waals surface area (Å²) in [6.45, 7) is 4.12. The van der Waals surface area contributed by atoms with Crippen LogP contribution in [0.15, 0.2) is 4.99 Å². The summed E-state index contributed by atoms with van der Waals surface area (Å²) < 4.78 is 33.4. The van der Waals surface area contributed by atoms with Crippen molar-refractivity contribution in [2.45, 2.75) is 51.2 Å². The molecule has 2 rings (SSSR count). The highest BCUT2D eigenvalue weighted by molar-refractivity contribution is 14.0. The third-order valence-electron chi connectivity index (χ3n) is 5.36. The molecule has 154 valence electrons. The quantitative estimate of drug-likeness (QED) is 0.215. The Bertz CT molecular complexity index is 550. The highest BCUT2D eigenvalue weighted by Gasteiger charge is 2.56. The molecular formula is C17H34IN3O4S. The van der Waals surface area contributed by atoms with Crippen LogP contribution in [-0.4, -0.2) is 71.9 Å². The molecule has 2 unspecified atom stereocenters. The lowest BCUT2D eigenvalue weighted by Crippen LogP contribution is -2.65. The van der Waals surface area contributed by atoms with Gasteiger partial charge in [0.15, 0.2) is 5.96 Å². The maximum absolute atomic E-state index is 11.0. The molecule has 0 aromatic rings. The van der Waals surface area contributed by atoms with Crippen molar-refractivity contribution in [3.05, 3.63) is 0 Å². The molecule has 0 aliphatic heterocycles. The van der Waals surface area contributed by atoms with Crippen molar-refractivity contribution in [2.75, 3.05) is 45.4 Å². The first-order valence-electron chi connectivity index (χ1n) is 9.25. The minimum atomic E-state index is -2.96. The normalized spacial score (nSPS) is 24.8. The highest BCUT2D eigenvalue weighted by Crippen LogP contribution is 2.54. The minimum absolute atomic E-state index is 0. The Morgan fingerprint density at radius 3 is 2.54 bits per heavy atom. The Labute approximate surface area is 175 Å². The Morgan fingerprint density at radius 1 is 1.27 bits per heavy atom. The van der Waals surface area contributed by atoms with Crippen molar-refractivity contribution in [3.63, 3.8) is 0 Å². The van der Waals surface area contributed by atoms with Crippen molar-refractivity contribution < 1.29 is 17.9 Å². The zero-order chi connectivity index (χ0) is 18.3. The third-order valence-corrected chi connectivity index (χ3v) is 6.27. The molecule has 2 aliphatic rings. The summed E-state index contributed by atoms with van der Waals surface area (Å²) in [5.41, 5.74) is 0.264. The Hall–Kier alpha value is -0.130. The fourth-order valence-corrected chi connectivity index (χ4v) is 4.42. The van der Waals surface area contributed by atoms with E-state index in [1.807, 2.05) is 0 Å². The van der Waals surface area contributed by atoms with Crippen molar-refractivity contribution >= 4 is 39.8 Å². The summed E-state index contributed by atoms with van der Waals surface area (Å²) in [4.78, 5) is 4.29. The van der Waals surface area contributed by atoms with Crippen LogP contribution < -0.4 is 10.6 Å². The lowest BCUT2D eigenvalue weighted by atomic mass is 9.60. The molecule has 0 amide bonds. The van der Waals surface area contributed by atoms with Gasteiger partial charge in [-0.2, -0.15) is 0 Å². The van der Waals surface area contributed by atoms with Crippen LogP contribution in [0.3, 0.4) is 0 Å². The molecule has 2 atom stereocenters. The second-order valence-corrected chi connectivity index (χ2v) is 9.32. The molecule has 0 saturated heterocycles. The monoisotopic (exact) mass is 503 g/mol. The largest absolute Gasteiger partial charge is 0.379 e. The second-order valence-electron chi connectivity index (χ2n) is 7.06. The standard InChI is InChI=1S/C17H33N3O4S.HI/c1-4-24-15-13-14(17(15)7-5-6-8-17)20-16(18-2)19-9-10-23-11-12-25(3,21)22;/h14-15H,4-13H2,1-3H3,(H2,18,19,20);1H. The molecule has 0 heterocycles. The van der Waals surface area contributed by atoms with Gasteiger partial charge in [0.05, 0.1) is 25.1 Å². The summed E-state index contributed by atoms with van der Waals surface area (Å²) >= 11 is 0. The first kappa shape index (κ1) is 23.9. The van der Waals surface area contributed by atoms with E-state index in [0.717, 1.165) is 19.0 Å². The first-order valence-corrected chi connectivity index (χ1v) is 11.3. The van der Waals surface area contributed by atoms with Gasteiger partial charge in [-0.25, -0.2) is 8.42 Å². The number of hydrogen-bond acceptors (Lipinski definition) is 5. The molecule has 7 nitrogen and oxygen atoms in total. The SMILES string of the molecule is CCOC1CC(NC(=NC)NCCOCCS(C)(=O)=O)C12CCCC2.I. The van der Waals surface area contributed by atoms with Gasteiger partial charge in [0, 0.05) is 37.9 Å². The summed E-state index contributed by atoms with van der Waals surface area (Å²) in [6.07, 6.45) is 7.62. The van der Waals surface area contributed by atoms with E-state index in [-0.39, 0.29) is 41.8 Å². The zero-order valence-corrected chi connectivity index (χ0v) is 19.3. The van der Waals surface area contributed by atoms with Gasteiger partial charge in [-0.05, 0) is 26.2 Å². The molecule has 9 heteroatoms. The number of guanidine groups is 1. The van der Waals surface area contributed by atoms with Gasteiger partial charge in [0.25, 0.3) is 0 Å². The molecule has 26 heavy (non-hydrogen) atoms. The minimum Gasteiger partial charge on any atom is -0.379 e. The summed E-state index contributed by atoms with van der Waals surface area (Å²) in [7, 11) is -1.20. The molecule has 0 aromatic heterocycles. The van der Waals surface area contributed by atoms with Crippen LogP contribution in [0.2, 0.25) is 0 Å². The molecule has 0 radical (unpaired) electrons. The van der Waals surface area contributed by atoms with E-state index < -0.39 is 9.84 Å². The van der Waals surface area contributed by atoms with Crippen molar-refractivity contribution in [3.8, 4) is 0 Å². The van der Waals surface area contributed by atoms with E-state index in [1.165, 1.54) is 31.9 Å². The van der Waals surface area contributed by atoms with Gasteiger partial charge in [-0.3, -0.25) is 4.99 Å². The molecule has 2 N–H and O–H groups in total. The molecule has 0 bridgehead atoms. The number of sulfone groups is 1. The molecular weight excluding hydrogens is 469 g/mol. The van der Waals surface area contributed by atoms with Crippen LogP contribution in [-0.2, 0) is 19.3 Å². The summed E-state index contributed by atoms with van der Waals surface area (Å²) in [6, 6.07) is 0.406. The number of nitrogens with zero attached hydrogens (tertiary/aromatic N) is 1. The summed E-state index contributed by atoms with van der Waals surface area (Å²) in [5, 5.41) is 6.79. The second kappa shape index (κ2) is 11.0. The van der Waals surface area contributed by atoms with Gasteiger partial charge in [-0.15, -0.1) is 24.0 Å². The van der Waals surface area contributed by atoms with Gasteiger partial charge >= 0.3 is 0 Å². The average Bonchev–Trinajstić information content (AvgIpc) is 3.07. The van der Waals surface area contributed by atoms with E-state index in [4.69, 9.17) is 9.47 Å². The van der Waals surface area contributed by atoms with Crippen LogP contribution in [0.25, 0.3) is 0 Å². The van der Waals surface area contributed by atoms with Gasteiger partial charge in [-0.1, -0.05) is 12.8 Å². The maximum Gasteiger partial charge on any atom is 0.191 e. The van der Waals surface area contributed by atoms with Crippen LogP contribution in [0.4, 0.5) is 0 Å². The number of nitrogens with one attached hydrogen (secondary N) is 2. The number of halogens is 1. The van der Waals surface area contributed by atoms with Crippen molar-refractivity contribution in [1.29, 1.82) is 0 Å². The first-order chi connectivity index (χ1) is 11.9. The number of rotatable bonds is 9. The Morgan fingerprint density at radius 2 is 1.96 bits per heavy atom. The lowest BCUT2D eigenvalue weighted by Gasteiger charge is -2.54. The maximum atomic E-state index is 11.0.